The van der Waals surface area contributed by atoms with Crippen LogP contribution < -0.4 is 9.47 Å². The minimum atomic E-state index is 0.241. The maximum absolute atomic E-state index is 6.05. The first-order valence-electron chi connectivity index (χ1n) is 14.3. The van der Waals surface area contributed by atoms with Crippen molar-refractivity contribution in [3.8, 4) is 22.9 Å². The molecule has 4 nitrogen and oxygen atoms in total. The third kappa shape index (κ3) is 13.0. The van der Waals surface area contributed by atoms with Gasteiger partial charge in [-0.1, -0.05) is 91.4 Å². The Balaban J connectivity index is 1.59. The first kappa shape index (κ1) is 29.1. The molecule has 2 unspecified atom stereocenters. The van der Waals surface area contributed by atoms with Crippen LogP contribution in [-0.4, -0.2) is 22.7 Å². The molecular weight excluding hydrogens is 432 g/mol. The van der Waals surface area contributed by atoms with Crippen LogP contribution in [0.25, 0.3) is 11.4 Å². The normalized spacial score (nSPS) is 12.9. The maximum Gasteiger partial charge on any atom is 0.159 e. The van der Waals surface area contributed by atoms with Crippen molar-refractivity contribution in [3.63, 3.8) is 0 Å². The first-order chi connectivity index (χ1) is 17.1. The predicted octanol–water partition coefficient (Wildman–Crippen LogP) is 9.43. The van der Waals surface area contributed by atoms with E-state index in [1.165, 1.54) is 77.0 Å². The Bertz CT molecular complexity index is 761. The molecular formula is C31H50N2O2. The Kier molecular flexibility index (Phi) is 15.2. The molecule has 196 valence electrons. The predicted molar refractivity (Wildman–Crippen MR) is 148 cm³/mol. The fraction of sp³-hybridized carbons (Fsp3) is 0.677. The van der Waals surface area contributed by atoms with E-state index in [9.17, 15) is 0 Å². The number of unbranched alkanes of at least 4 members (excludes halogenated alkanes) is 9. The highest BCUT2D eigenvalue weighted by Crippen LogP contribution is 2.22. The van der Waals surface area contributed by atoms with E-state index in [-0.39, 0.29) is 6.10 Å². The smallest absolute Gasteiger partial charge is 0.159 e. The van der Waals surface area contributed by atoms with Crippen molar-refractivity contribution in [1.29, 1.82) is 0 Å². The summed E-state index contributed by atoms with van der Waals surface area (Å²) in [7, 11) is 0. The van der Waals surface area contributed by atoms with E-state index in [4.69, 9.17) is 9.47 Å². The molecule has 2 aromatic rings. The molecule has 0 aliphatic heterocycles. The summed E-state index contributed by atoms with van der Waals surface area (Å²) >= 11 is 0. The number of hydrogen-bond acceptors (Lipinski definition) is 4. The Morgan fingerprint density at radius 2 is 1.29 bits per heavy atom. The van der Waals surface area contributed by atoms with Crippen molar-refractivity contribution < 1.29 is 9.47 Å². The van der Waals surface area contributed by atoms with Crippen molar-refractivity contribution in [3.05, 3.63) is 36.7 Å². The van der Waals surface area contributed by atoms with Gasteiger partial charge in [0.1, 0.15) is 5.75 Å². The minimum Gasteiger partial charge on any atom is -0.491 e. The van der Waals surface area contributed by atoms with Gasteiger partial charge in [0.25, 0.3) is 0 Å². The highest BCUT2D eigenvalue weighted by Gasteiger charge is 2.06. The second kappa shape index (κ2) is 18.2. The van der Waals surface area contributed by atoms with Gasteiger partial charge < -0.3 is 9.47 Å². The molecule has 0 aliphatic rings. The number of nitrogens with zero attached hydrogens (tertiary/aromatic N) is 2. The number of hydrogen-bond donors (Lipinski definition) is 0. The van der Waals surface area contributed by atoms with Crippen LogP contribution in [0.4, 0.5) is 0 Å². The highest BCUT2D eigenvalue weighted by atomic mass is 16.5. The van der Waals surface area contributed by atoms with Gasteiger partial charge in [-0.25, -0.2) is 9.97 Å². The lowest BCUT2D eigenvalue weighted by Gasteiger charge is -2.14. The van der Waals surface area contributed by atoms with Gasteiger partial charge in [0.15, 0.2) is 11.6 Å². The van der Waals surface area contributed by atoms with Crippen LogP contribution in [0.5, 0.6) is 11.5 Å². The molecule has 2 rings (SSSR count). The summed E-state index contributed by atoms with van der Waals surface area (Å²) in [6, 6.07) is 8.08. The number of ether oxygens (including phenoxy) is 2. The molecule has 35 heavy (non-hydrogen) atoms. The monoisotopic (exact) mass is 482 g/mol. The third-order valence-electron chi connectivity index (χ3n) is 6.85. The van der Waals surface area contributed by atoms with E-state index >= 15 is 0 Å². The number of aromatic nitrogens is 2. The molecule has 0 radical (unpaired) electrons. The van der Waals surface area contributed by atoms with Crippen molar-refractivity contribution >= 4 is 0 Å². The Hall–Kier alpha value is -2.10. The molecule has 0 saturated heterocycles. The van der Waals surface area contributed by atoms with Gasteiger partial charge in [-0.05, 0) is 56.4 Å². The zero-order chi connectivity index (χ0) is 25.1. The van der Waals surface area contributed by atoms with Crippen LogP contribution in [0.15, 0.2) is 36.7 Å². The van der Waals surface area contributed by atoms with Crippen LogP contribution in [0.1, 0.15) is 118 Å². The van der Waals surface area contributed by atoms with E-state index in [1.54, 1.807) is 12.4 Å². The summed E-state index contributed by atoms with van der Waals surface area (Å²) < 4.78 is 11.9. The van der Waals surface area contributed by atoms with Crippen LogP contribution >= 0.6 is 0 Å². The first-order valence-corrected chi connectivity index (χ1v) is 14.3. The molecule has 2 atom stereocenters. The zero-order valence-corrected chi connectivity index (χ0v) is 22.9. The molecule has 0 N–H and O–H groups in total. The lowest BCUT2D eigenvalue weighted by Crippen LogP contribution is -2.11. The van der Waals surface area contributed by atoms with E-state index in [0.29, 0.717) is 5.82 Å². The summed E-state index contributed by atoms with van der Waals surface area (Å²) in [5.74, 6) is 3.26. The summed E-state index contributed by atoms with van der Waals surface area (Å²) in [6.07, 6.45) is 21.8. The molecule has 4 heteroatoms. The van der Waals surface area contributed by atoms with Gasteiger partial charge in [-0.3, -0.25) is 0 Å². The van der Waals surface area contributed by atoms with Gasteiger partial charge in [0.2, 0.25) is 0 Å². The highest BCUT2D eigenvalue weighted by molar-refractivity contribution is 5.56. The van der Waals surface area contributed by atoms with Gasteiger partial charge in [0.05, 0.1) is 25.1 Å². The molecule has 0 bridgehead atoms. The third-order valence-corrected chi connectivity index (χ3v) is 6.85. The second-order valence-electron chi connectivity index (χ2n) is 10.2. The number of benzene rings is 1. The van der Waals surface area contributed by atoms with Crippen LogP contribution in [0.3, 0.4) is 0 Å². The van der Waals surface area contributed by atoms with E-state index < -0.39 is 0 Å². The quantitative estimate of drug-likeness (QED) is 0.176. The van der Waals surface area contributed by atoms with Crippen molar-refractivity contribution in [2.24, 2.45) is 5.92 Å². The standard InChI is InChI=1S/C31H50N2O2/c1-5-7-8-15-18-27(4)35-29-21-19-28(20-22-29)31-32-24-30(25-33-31)34-23-16-13-11-9-10-12-14-17-26(3)6-2/h19-22,24-27H,5-18,23H2,1-4H3. The topological polar surface area (TPSA) is 44.2 Å². The molecule has 0 amide bonds. The van der Waals surface area contributed by atoms with Crippen LogP contribution in [0, 0.1) is 5.92 Å². The van der Waals surface area contributed by atoms with Crippen molar-refractivity contribution in [2.75, 3.05) is 6.61 Å². The summed E-state index contributed by atoms with van der Waals surface area (Å²) in [6.45, 7) is 9.78. The lowest BCUT2D eigenvalue weighted by atomic mass is 10.00. The molecule has 0 fully saturated rings. The SMILES string of the molecule is CCCCCCC(C)Oc1ccc(-c2ncc(OCCCCCCCCCC(C)CC)cn2)cc1. The van der Waals surface area contributed by atoms with E-state index in [1.807, 2.05) is 24.3 Å². The second-order valence-corrected chi connectivity index (χ2v) is 10.2. The summed E-state index contributed by atoms with van der Waals surface area (Å²) in [5.41, 5.74) is 0.989. The Labute approximate surface area is 215 Å². The average Bonchev–Trinajstić information content (AvgIpc) is 2.88. The summed E-state index contributed by atoms with van der Waals surface area (Å²) in [5, 5.41) is 0. The summed E-state index contributed by atoms with van der Waals surface area (Å²) in [4.78, 5) is 8.99. The maximum atomic E-state index is 6.05. The van der Waals surface area contributed by atoms with E-state index in [2.05, 4.69) is 37.7 Å². The van der Waals surface area contributed by atoms with Gasteiger partial charge >= 0.3 is 0 Å². The molecule has 1 aromatic heterocycles. The van der Waals surface area contributed by atoms with Gasteiger partial charge in [-0.2, -0.15) is 0 Å². The Morgan fingerprint density at radius 3 is 1.94 bits per heavy atom. The molecule has 0 spiro atoms. The largest absolute Gasteiger partial charge is 0.491 e. The van der Waals surface area contributed by atoms with Gasteiger partial charge in [-0.15, -0.1) is 0 Å². The molecule has 1 aromatic carbocycles. The van der Waals surface area contributed by atoms with Crippen LogP contribution in [-0.2, 0) is 0 Å². The zero-order valence-electron chi connectivity index (χ0n) is 22.9. The molecule has 0 saturated carbocycles. The van der Waals surface area contributed by atoms with Gasteiger partial charge in [0, 0.05) is 5.56 Å². The minimum absolute atomic E-state index is 0.241. The lowest BCUT2D eigenvalue weighted by molar-refractivity contribution is 0.206. The fourth-order valence-corrected chi connectivity index (χ4v) is 4.25. The fourth-order valence-electron chi connectivity index (χ4n) is 4.25. The van der Waals surface area contributed by atoms with Crippen LogP contribution in [0.2, 0.25) is 0 Å². The average molecular weight is 483 g/mol. The molecule has 1 heterocycles. The van der Waals surface area contributed by atoms with Crippen molar-refractivity contribution in [1.82, 2.24) is 9.97 Å². The molecule has 0 aliphatic carbocycles. The Morgan fingerprint density at radius 1 is 0.686 bits per heavy atom. The van der Waals surface area contributed by atoms with E-state index in [0.717, 1.165) is 42.4 Å². The number of rotatable bonds is 20. The van der Waals surface area contributed by atoms with Crippen molar-refractivity contribution in [2.45, 2.75) is 124 Å².